The van der Waals surface area contributed by atoms with Crippen LogP contribution in [0.3, 0.4) is 0 Å². The van der Waals surface area contributed by atoms with E-state index in [2.05, 4.69) is 21.2 Å². The minimum absolute atomic E-state index is 0.216. The van der Waals surface area contributed by atoms with Gasteiger partial charge in [-0.25, -0.2) is 4.79 Å². The van der Waals surface area contributed by atoms with Gasteiger partial charge in [0.2, 0.25) is 0 Å². The Hall–Kier alpha value is -1.63. The highest BCUT2D eigenvalue weighted by Crippen LogP contribution is 2.25. The number of carbonyl (C=O) groups excluding carboxylic acids is 2. The molecule has 0 atom stereocenters. The summed E-state index contributed by atoms with van der Waals surface area (Å²) in [5.74, 6) is -0.329. The lowest BCUT2D eigenvalue weighted by atomic mass is 10.2. The average molecular weight is 398 g/mol. The van der Waals surface area contributed by atoms with Crippen molar-refractivity contribution in [1.82, 2.24) is 10.2 Å². The quantitative estimate of drug-likeness (QED) is 0.621. The van der Waals surface area contributed by atoms with Crippen LogP contribution in [0.2, 0.25) is 5.02 Å². The molecule has 1 aromatic heterocycles. The predicted octanol–water partition coefficient (Wildman–Crippen LogP) is 4.26. The minimum Gasteiger partial charge on any atom is -0.303 e. The molecule has 1 aliphatic heterocycles. The maximum atomic E-state index is 12.3. The second kappa shape index (κ2) is 6.24. The lowest BCUT2D eigenvalue weighted by Crippen LogP contribution is -2.30. The maximum absolute atomic E-state index is 12.3. The van der Waals surface area contributed by atoms with Gasteiger partial charge in [0.05, 0.1) is 10.3 Å². The summed E-state index contributed by atoms with van der Waals surface area (Å²) in [7, 11) is 0. The molecule has 1 N–H and O–H groups in total. The van der Waals surface area contributed by atoms with Gasteiger partial charge in [-0.1, -0.05) is 23.7 Å². The molecule has 2 aromatic rings. The smallest absolute Gasteiger partial charge is 0.303 e. The van der Waals surface area contributed by atoms with E-state index < -0.39 is 6.03 Å². The van der Waals surface area contributed by atoms with Crippen LogP contribution < -0.4 is 5.32 Å². The van der Waals surface area contributed by atoms with Crippen molar-refractivity contribution in [2.45, 2.75) is 6.54 Å². The second-order valence-electron chi connectivity index (χ2n) is 4.65. The molecule has 0 radical (unpaired) electrons. The Morgan fingerprint density at radius 1 is 1.18 bits per heavy atom. The molecular formula is C15H10BrClN2O2S. The van der Waals surface area contributed by atoms with Gasteiger partial charge in [0.25, 0.3) is 5.91 Å². The van der Waals surface area contributed by atoms with E-state index in [9.17, 15) is 9.59 Å². The van der Waals surface area contributed by atoms with Crippen LogP contribution in [0, 0.1) is 0 Å². The molecule has 22 heavy (non-hydrogen) atoms. The fourth-order valence-corrected chi connectivity index (χ4v) is 3.53. The number of thiophene rings is 1. The molecular weight excluding hydrogens is 388 g/mol. The summed E-state index contributed by atoms with van der Waals surface area (Å²) in [4.78, 5) is 26.4. The van der Waals surface area contributed by atoms with Crippen LogP contribution in [0.25, 0.3) is 6.08 Å². The normalized spacial score (nSPS) is 16.5. The van der Waals surface area contributed by atoms with Crippen LogP contribution in [0.15, 0.2) is 45.9 Å². The Morgan fingerprint density at radius 2 is 1.91 bits per heavy atom. The van der Waals surface area contributed by atoms with E-state index in [-0.39, 0.29) is 18.1 Å². The van der Waals surface area contributed by atoms with E-state index in [4.69, 9.17) is 11.6 Å². The molecule has 0 aliphatic carbocycles. The highest BCUT2D eigenvalue weighted by Gasteiger charge is 2.33. The zero-order valence-electron chi connectivity index (χ0n) is 11.2. The number of nitrogens with zero attached hydrogens (tertiary/aromatic N) is 1. The van der Waals surface area contributed by atoms with Gasteiger partial charge >= 0.3 is 6.03 Å². The van der Waals surface area contributed by atoms with Gasteiger partial charge < -0.3 is 5.32 Å². The number of rotatable bonds is 3. The molecule has 2 heterocycles. The largest absolute Gasteiger partial charge is 0.329 e. The number of hydrogen-bond acceptors (Lipinski definition) is 3. The third-order valence-corrected chi connectivity index (χ3v) is 4.92. The molecule has 0 spiro atoms. The van der Waals surface area contributed by atoms with Crippen molar-refractivity contribution in [1.29, 1.82) is 0 Å². The first-order valence-corrected chi connectivity index (χ1v) is 8.36. The monoisotopic (exact) mass is 396 g/mol. The summed E-state index contributed by atoms with van der Waals surface area (Å²) in [6.45, 7) is 0.216. The van der Waals surface area contributed by atoms with E-state index in [1.165, 1.54) is 16.2 Å². The molecule has 1 aliphatic rings. The second-order valence-corrected chi connectivity index (χ2v) is 7.58. The van der Waals surface area contributed by atoms with Gasteiger partial charge in [-0.2, -0.15) is 0 Å². The number of imide groups is 1. The Balaban J connectivity index is 1.79. The van der Waals surface area contributed by atoms with Gasteiger partial charge in [0.15, 0.2) is 0 Å². The number of carbonyl (C=O) groups is 2. The number of hydrogen-bond donors (Lipinski definition) is 1. The predicted molar refractivity (Wildman–Crippen MR) is 90.5 cm³/mol. The van der Waals surface area contributed by atoms with Crippen molar-refractivity contribution in [3.05, 3.63) is 61.3 Å². The fourth-order valence-electron chi connectivity index (χ4n) is 2.04. The van der Waals surface area contributed by atoms with Crippen molar-refractivity contribution < 1.29 is 9.59 Å². The molecule has 112 valence electrons. The summed E-state index contributed by atoms with van der Waals surface area (Å²) in [5.41, 5.74) is 1.13. The Kier molecular flexibility index (Phi) is 4.33. The van der Waals surface area contributed by atoms with Crippen molar-refractivity contribution >= 4 is 56.9 Å². The number of halogens is 2. The Bertz CT molecular complexity index is 770. The standard InChI is InChI=1S/C15H10BrClN2O2S/c16-13-6-5-11(22-13)7-12-14(20)19(15(21)18-12)8-9-1-3-10(17)4-2-9/h1-7H,8H2,(H,18,21)/b12-7-. The number of amides is 3. The van der Waals surface area contributed by atoms with E-state index in [1.54, 1.807) is 30.3 Å². The molecule has 3 amide bonds. The topological polar surface area (TPSA) is 49.4 Å². The molecule has 1 fully saturated rings. The summed E-state index contributed by atoms with van der Waals surface area (Å²) in [6.07, 6.45) is 1.68. The van der Waals surface area contributed by atoms with Crippen LogP contribution in [0.5, 0.6) is 0 Å². The molecule has 0 unspecified atom stereocenters. The van der Waals surface area contributed by atoms with Crippen LogP contribution in [0.4, 0.5) is 4.79 Å². The van der Waals surface area contributed by atoms with Gasteiger partial charge in [0, 0.05) is 9.90 Å². The van der Waals surface area contributed by atoms with E-state index >= 15 is 0 Å². The highest BCUT2D eigenvalue weighted by molar-refractivity contribution is 9.11. The fraction of sp³-hybridized carbons (Fsp3) is 0.0667. The minimum atomic E-state index is -0.415. The Labute approximate surface area is 144 Å². The summed E-state index contributed by atoms with van der Waals surface area (Å²) in [5, 5.41) is 3.22. The SMILES string of the molecule is O=C1N/C(=C\c2ccc(Br)s2)C(=O)N1Cc1ccc(Cl)cc1. The van der Waals surface area contributed by atoms with Gasteiger partial charge in [-0.05, 0) is 51.8 Å². The van der Waals surface area contributed by atoms with E-state index in [0.29, 0.717) is 5.02 Å². The molecule has 1 saturated heterocycles. The summed E-state index contributed by atoms with van der Waals surface area (Å²) >= 11 is 10.7. The number of urea groups is 1. The van der Waals surface area contributed by atoms with Crippen LogP contribution in [0.1, 0.15) is 10.4 Å². The first-order valence-electron chi connectivity index (χ1n) is 6.37. The molecule has 1 aromatic carbocycles. The van der Waals surface area contributed by atoms with Gasteiger partial charge in [-0.15, -0.1) is 11.3 Å². The molecule has 0 saturated carbocycles. The average Bonchev–Trinajstić information content (AvgIpc) is 3.00. The van der Waals surface area contributed by atoms with Crippen molar-refractivity contribution in [2.75, 3.05) is 0 Å². The van der Waals surface area contributed by atoms with Gasteiger partial charge in [0.1, 0.15) is 5.70 Å². The maximum Gasteiger partial charge on any atom is 0.329 e. The lowest BCUT2D eigenvalue weighted by Gasteiger charge is -2.11. The first kappa shape index (κ1) is 15.3. The molecule has 7 heteroatoms. The van der Waals surface area contributed by atoms with Crippen LogP contribution in [-0.4, -0.2) is 16.8 Å². The van der Waals surface area contributed by atoms with Crippen molar-refractivity contribution in [3.8, 4) is 0 Å². The third kappa shape index (κ3) is 3.24. The van der Waals surface area contributed by atoms with Crippen molar-refractivity contribution in [2.24, 2.45) is 0 Å². The molecule has 4 nitrogen and oxygen atoms in total. The summed E-state index contributed by atoms with van der Waals surface area (Å²) in [6, 6.07) is 10.4. The first-order chi connectivity index (χ1) is 10.5. The number of nitrogens with one attached hydrogen (secondary N) is 1. The van der Waals surface area contributed by atoms with Gasteiger partial charge in [-0.3, -0.25) is 9.69 Å². The zero-order valence-corrected chi connectivity index (χ0v) is 14.3. The summed E-state index contributed by atoms with van der Waals surface area (Å²) < 4.78 is 0.967. The molecule has 3 rings (SSSR count). The lowest BCUT2D eigenvalue weighted by molar-refractivity contribution is -0.123. The third-order valence-electron chi connectivity index (χ3n) is 3.10. The van der Waals surface area contributed by atoms with Crippen LogP contribution in [-0.2, 0) is 11.3 Å². The highest BCUT2D eigenvalue weighted by atomic mass is 79.9. The van der Waals surface area contributed by atoms with Crippen molar-refractivity contribution in [3.63, 3.8) is 0 Å². The van der Waals surface area contributed by atoms with E-state index in [1.807, 2.05) is 12.1 Å². The number of benzene rings is 1. The zero-order chi connectivity index (χ0) is 15.7. The Morgan fingerprint density at radius 3 is 2.55 bits per heavy atom. The van der Waals surface area contributed by atoms with E-state index in [0.717, 1.165) is 14.2 Å². The van der Waals surface area contributed by atoms with Crippen LogP contribution >= 0.6 is 38.9 Å². The molecule has 0 bridgehead atoms.